The van der Waals surface area contributed by atoms with Crippen LogP contribution in [-0.2, 0) is 15.6 Å². The first kappa shape index (κ1) is 13.2. The van der Waals surface area contributed by atoms with Crippen LogP contribution in [0.5, 0.6) is 0 Å². The maximum atomic E-state index is 11.7. The molecule has 15 heavy (non-hydrogen) atoms. The van der Waals surface area contributed by atoms with Crippen molar-refractivity contribution in [3.05, 3.63) is 20.8 Å². The standard InChI is InChI=1S/C9H14BrNO2S2/c1-9(2,11)6-15(12,13)5-7-3-4-8(10)14-7/h3-4H,5-6,11H2,1-2H3. The van der Waals surface area contributed by atoms with Crippen molar-refractivity contribution in [2.24, 2.45) is 5.73 Å². The monoisotopic (exact) mass is 311 g/mol. The van der Waals surface area contributed by atoms with Crippen LogP contribution in [0, 0.1) is 0 Å². The SMILES string of the molecule is CC(C)(N)CS(=O)(=O)Cc1ccc(Br)s1. The summed E-state index contributed by atoms with van der Waals surface area (Å²) in [5.41, 5.74) is 5.02. The van der Waals surface area contributed by atoms with Crippen molar-refractivity contribution < 1.29 is 8.42 Å². The predicted molar refractivity (Wildman–Crippen MR) is 67.8 cm³/mol. The number of hydrogen-bond donors (Lipinski definition) is 1. The smallest absolute Gasteiger partial charge is 0.157 e. The highest BCUT2D eigenvalue weighted by Gasteiger charge is 2.22. The van der Waals surface area contributed by atoms with E-state index in [-0.39, 0.29) is 11.5 Å². The first-order valence-corrected chi connectivity index (χ1v) is 7.85. The second-order valence-electron chi connectivity index (χ2n) is 4.23. The van der Waals surface area contributed by atoms with Crippen LogP contribution >= 0.6 is 27.3 Å². The van der Waals surface area contributed by atoms with E-state index in [4.69, 9.17) is 5.73 Å². The Morgan fingerprint density at radius 3 is 2.47 bits per heavy atom. The molecule has 0 fully saturated rings. The molecule has 0 aromatic carbocycles. The Balaban J connectivity index is 2.73. The van der Waals surface area contributed by atoms with Crippen LogP contribution in [0.15, 0.2) is 15.9 Å². The zero-order valence-electron chi connectivity index (χ0n) is 8.66. The molecule has 6 heteroatoms. The van der Waals surface area contributed by atoms with Crippen molar-refractivity contribution in [3.8, 4) is 0 Å². The summed E-state index contributed by atoms with van der Waals surface area (Å²) in [4.78, 5) is 0.839. The van der Waals surface area contributed by atoms with E-state index < -0.39 is 15.4 Å². The Labute approximate surface area is 103 Å². The molecule has 1 aromatic rings. The van der Waals surface area contributed by atoms with Crippen molar-refractivity contribution in [2.45, 2.75) is 25.1 Å². The fourth-order valence-electron chi connectivity index (χ4n) is 1.26. The number of sulfone groups is 1. The van der Waals surface area contributed by atoms with Gasteiger partial charge in [-0.2, -0.15) is 0 Å². The summed E-state index contributed by atoms with van der Waals surface area (Å²) in [6, 6.07) is 3.67. The molecule has 0 atom stereocenters. The van der Waals surface area contributed by atoms with Crippen LogP contribution in [0.25, 0.3) is 0 Å². The summed E-state index contributed by atoms with van der Waals surface area (Å²) in [6.45, 7) is 3.43. The van der Waals surface area contributed by atoms with Crippen molar-refractivity contribution >= 4 is 37.1 Å². The molecule has 0 aliphatic rings. The normalized spacial score (nSPS) is 13.1. The average Bonchev–Trinajstić information content (AvgIpc) is 2.27. The maximum absolute atomic E-state index is 11.7. The van der Waals surface area contributed by atoms with Crippen molar-refractivity contribution in [1.29, 1.82) is 0 Å². The molecule has 2 N–H and O–H groups in total. The Hall–Kier alpha value is 0.0900. The molecular weight excluding hydrogens is 298 g/mol. The largest absolute Gasteiger partial charge is 0.325 e. The molecular formula is C9H14BrNO2S2. The minimum absolute atomic E-state index is 0.00944. The molecule has 1 heterocycles. The van der Waals surface area contributed by atoms with Gasteiger partial charge in [0.05, 0.1) is 15.3 Å². The third-order valence-corrected chi connectivity index (χ3v) is 5.32. The molecule has 0 saturated heterocycles. The summed E-state index contributed by atoms with van der Waals surface area (Å²) in [5.74, 6) is 0.0828. The van der Waals surface area contributed by atoms with Crippen LogP contribution in [0.1, 0.15) is 18.7 Å². The van der Waals surface area contributed by atoms with Gasteiger partial charge in [-0.1, -0.05) is 0 Å². The van der Waals surface area contributed by atoms with E-state index in [1.807, 2.05) is 12.1 Å². The van der Waals surface area contributed by atoms with Gasteiger partial charge >= 0.3 is 0 Å². The number of halogens is 1. The molecule has 0 bridgehead atoms. The molecule has 1 aromatic heterocycles. The lowest BCUT2D eigenvalue weighted by molar-refractivity contribution is 0.544. The molecule has 0 spiro atoms. The Bertz CT molecular complexity index is 431. The van der Waals surface area contributed by atoms with Crippen LogP contribution in [-0.4, -0.2) is 19.7 Å². The van der Waals surface area contributed by atoms with E-state index in [1.54, 1.807) is 13.8 Å². The minimum atomic E-state index is -3.11. The zero-order chi connectivity index (χ0) is 11.7. The topological polar surface area (TPSA) is 60.2 Å². The van der Waals surface area contributed by atoms with Gasteiger partial charge in [0.25, 0.3) is 0 Å². The first-order chi connectivity index (χ1) is 6.68. The molecule has 0 radical (unpaired) electrons. The fraction of sp³-hybridized carbons (Fsp3) is 0.556. The van der Waals surface area contributed by atoms with Crippen molar-refractivity contribution in [1.82, 2.24) is 0 Å². The van der Waals surface area contributed by atoms with Gasteiger partial charge in [0.1, 0.15) is 0 Å². The lowest BCUT2D eigenvalue weighted by Crippen LogP contribution is -2.40. The summed E-state index contributed by atoms with van der Waals surface area (Å²) in [7, 11) is -3.11. The second kappa shape index (κ2) is 4.53. The van der Waals surface area contributed by atoms with E-state index in [1.165, 1.54) is 11.3 Å². The molecule has 0 aliphatic heterocycles. The molecule has 0 amide bonds. The van der Waals surface area contributed by atoms with E-state index >= 15 is 0 Å². The highest BCUT2D eigenvalue weighted by atomic mass is 79.9. The third-order valence-electron chi connectivity index (χ3n) is 1.58. The molecule has 86 valence electrons. The quantitative estimate of drug-likeness (QED) is 0.927. The summed E-state index contributed by atoms with van der Waals surface area (Å²) in [5, 5.41) is 0. The number of nitrogens with two attached hydrogens (primary N) is 1. The van der Waals surface area contributed by atoms with Crippen LogP contribution in [0.4, 0.5) is 0 Å². The summed E-state index contributed by atoms with van der Waals surface area (Å²) < 4.78 is 24.4. The Kier molecular flexibility index (Phi) is 3.97. The van der Waals surface area contributed by atoms with Gasteiger partial charge in [-0.05, 0) is 41.9 Å². The highest BCUT2D eigenvalue weighted by Crippen LogP contribution is 2.24. The van der Waals surface area contributed by atoms with Gasteiger partial charge in [-0.15, -0.1) is 11.3 Å². The fourth-order valence-corrected chi connectivity index (χ4v) is 5.08. The molecule has 0 saturated carbocycles. The summed E-state index contributed by atoms with van der Waals surface area (Å²) >= 11 is 4.74. The third kappa shape index (κ3) is 5.10. The van der Waals surface area contributed by atoms with Gasteiger partial charge in [0.2, 0.25) is 0 Å². The van der Waals surface area contributed by atoms with E-state index in [2.05, 4.69) is 15.9 Å². The van der Waals surface area contributed by atoms with E-state index in [9.17, 15) is 8.42 Å². The zero-order valence-corrected chi connectivity index (χ0v) is 11.9. The maximum Gasteiger partial charge on any atom is 0.157 e. The minimum Gasteiger partial charge on any atom is -0.325 e. The van der Waals surface area contributed by atoms with Gasteiger partial charge in [0.15, 0.2) is 9.84 Å². The van der Waals surface area contributed by atoms with Gasteiger partial charge < -0.3 is 5.73 Å². The molecule has 3 nitrogen and oxygen atoms in total. The van der Waals surface area contributed by atoms with Gasteiger partial charge in [0, 0.05) is 10.4 Å². The highest BCUT2D eigenvalue weighted by molar-refractivity contribution is 9.11. The van der Waals surface area contributed by atoms with Gasteiger partial charge in [-0.3, -0.25) is 0 Å². The Morgan fingerprint density at radius 2 is 2.07 bits per heavy atom. The van der Waals surface area contributed by atoms with Crippen LogP contribution in [0.2, 0.25) is 0 Å². The second-order valence-corrected chi connectivity index (χ2v) is 8.84. The van der Waals surface area contributed by atoms with Crippen LogP contribution in [0.3, 0.4) is 0 Å². The average molecular weight is 312 g/mol. The lowest BCUT2D eigenvalue weighted by Gasteiger charge is -2.17. The van der Waals surface area contributed by atoms with Crippen LogP contribution < -0.4 is 5.73 Å². The molecule has 1 rings (SSSR count). The van der Waals surface area contributed by atoms with E-state index in [0.717, 1.165) is 8.66 Å². The van der Waals surface area contributed by atoms with Gasteiger partial charge in [-0.25, -0.2) is 8.42 Å². The lowest BCUT2D eigenvalue weighted by atomic mass is 10.1. The first-order valence-electron chi connectivity index (χ1n) is 4.41. The number of rotatable bonds is 4. The number of thiophene rings is 1. The predicted octanol–water partition coefficient (Wildman–Crippen LogP) is 2.16. The Morgan fingerprint density at radius 1 is 1.47 bits per heavy atom. The number of hydrogen-bond acceptors (Lipinski definition) is 4. The molecule has 0 unspecified atom stereocenters. The van der Waals surface area contributed by atoms with Crippen molar-refractivity contribution in [2.75, 3.05) is 5.75 Å². The van der Waals surface area contributed by atoms with Crippen molar-refractivity contribution in [3.63, 3.8) is 0 Å². The van der Waals surface area contributed by atoms with E-state index in [0.29, 0.717) is 0 Å². The summed E-state index contributed by atoms with van der Waals surface area (Å²) in [6.07, 6.45) is 0. The molecule has 0 aliphatic carbocycles.